The Morgan fingerprint density at radius 1 is 1.13 bits per heavy atom. The van der Waals surface area contributed by atoms with E-state index in [1.165, 1.54) is 6.33 Å². The number of ether oxygens (including phenoxy) is 1. The van der Waals surface area contributed by atoms with Gasteiger partial charge < -0.3 is 25.6 Å². The number of carbonyl (C=O) groups is 3. The minimum Gasteiger partial charge on any atom is -0.444 e. The van der Waals surface area contributed by atoms with Crippen molar-refractivity contribution in [2.45, 2.75) is 58.2 Å². The summed E-state index contributed by atoms with van der Waals surface area (Å²) in [6, 6.07) is 3.34. The van der Waals surface area contributed by atoms with Crippen LogP contribution in [0.1, 0.15) is 49.7 Å². The maximum Gasteiger partial charge on any atom is 0.410 e. The van der Waals surface area contributed by atoms with Crippen molar-refractivity contribution in [1.82, 2.24) is 34.5 Å². The smallest absolute Gasteiger partial charge is 0.410 e. The second-order valence-electron chi connectivity index (χ2n) is 11.0. The normalized spacial score (nSPS) is 18.1. The van der Waals surface area contributed by atoms with Crippen LogP contribution >= 0.6 is 0 Å². The van der Waals surface area contributed by atoms with E-state index in [-0.39, 0.29) is 30.2 Å². The van der Waals surface area contributed by atoms with Crippen molar-refractivity contribution in [2.75, 3.05) is 32.0 Å². The Kier molecular flexibility index (Phi) is 6.83. The van der Waals surface area contributed by atoms with Gasteiger partial charge in [0.25, 0.3) is 5.91 Å². The molecule has 3 amide bonds. The van der Waals surface area contributed by atoms with Crippen molar-refractivity contribution in [3.8, 4) is 11.4 Å². The van der Waals surface area contributed by atoms with Crippen molar-refractivity contribution in [2.24, 2.45) is 5.73 Å². The summed E-state index contributed by atoms with van der Waals surface area (Å²) < 4.78 is 7.22. The van der Waals surface area contributed by atoms with Gasteiger partial charge in [-0.25, -0.2) is 19.7 Å². The molecule has 0 aromatic carbocycles. The Bertz CT molecular complexity index is 1450. The molecular formula is C26H33N9O4. The number of nitrogens with two attached hydrogens (primary N) is 1. The predicted molar refractivity (Wildman–Crippen MR) is 143 cm³/mol. The van der Waals surface area contributed by atoms with Crippen LogP contribution in [0.15, 0.2) is 18.5 Å². The van der Waals surface area contributed by atoms with Gasteiger partial charge in [-0.2, -0.15) is 5.10 Å². The van der Waals surface area contributed by atoms with E-state index in [1.807, 2.05) is 26.8 Å². The monoisotopic (exact) mass is 535 g/mol. The van der Waals surface area contributed by atoms with E-state index in [2.05, 4.69) is 20.4 Å². The predicted octanol–water partition coefficient (Wildman–Crippen LogP) is 1.81. The second kappa shape index (κ2) is 10.1. The Hall–Kier alpha value is -4.29. The van der Waals surface area contributed by atoms with E-state index < -0.39 is 11.5 Å². The van der Waals surface area contributed by atoms with Crippen LogP contribution in [0, 0.1) is 0 Å². The van der Waals surface area contributed by atoms with Crippen LogP contribution in [0.3, 0.4) is 0 Å². The average Bonchev–Trinajstić information content (AvgIpc) is 3.22. The van der Waals surface area contributed by atoms with Gasteiger partial charge in [-0.15, -0.1) is 0 Å². The summed E-state index contributed by atoms with van der Waals surface area (Å²) in [5, 5.41) is 8.01. The molecule has 1 saturated heterocycles. The lowest BCUT2D eigenvalue weighted by atomic mass is 10.1. The maximum absolute atomic E-state index is 12.6. The van der Waals surface area contributed by atoms with Crippen LogP contribution in [-0.4, -0.2) is 90.8 Å². The topological polar surface area (TPSA) is 161 Å². The Morgan fingerprint density at radius 3 is 2.67 bits per heavy atom. The number of pyridine rings is 1. The number of hydrogen-bond donors (Lipinski definition) is 2. The first kappa shape index (κ1) is 26.3. The highest BCUT2D eigenvalue weighted by Crippen LogP contribution is 2.28. The second-order valence-corrected chi connectivity index (χ2v) is 11.0. The summed E-state index contributed by atoms with van der Waals surface area (Å²) in [5.74, 6) is -0.252. The minimum absolute atomic E-state index is 0.0273. The van der Waals surface area contributed by atoms with Crippen molar-refractivity contribution in [3.05, 3.63) is 29.7 Å². The fourth-order valence-corrected chi connectivity index (χ4v) is 4.82. The molecular weight excluding hydrogens is 502 g/mol. The van der Waals surface area contributed by atoms with Gasteiger partial charge in [0, 0.05) is 44.8 Å². The molecule has 5 heterocycles. The Balaban J connectivity index is 1.47. The molecule has 5 rings (SSSR count). The first-order valence-electron chi connectivity index (χ1n) is 13.0. The van der Waals surface area contributed by atoms with E-state index in [4.69, 9.17) is 15.5 Å². The van der Waals surface area contributed by atoms with E-state index in [9.17, 15) is 14.4 Å². The van der Waals surface area contributed by atoms with Gasteiger partial charge >= 0.3 is 6.09 Å². The highest BCUT2D eigenvalue weighted by molar-refractivity contribution is 6.06. The molecule has 13 heteroatoms. The molecule has 1 atom stereocenters. The quantitative estimate of drug-likeness (QED) is 0.507. The molecule has 2 aliphatic heterocycles. The highest BCUT2D eigenvalue weighted by Gasteiger charge is 2.29. The number of likely N-dealkylation sites (N-methyl/N-ethyl adjacent to an activating group) is 1. The molecule has 3 aromatic rings. The van der Waals surface area contributed by atoms with E-state index in [0.717, 1.165) is 18.5 Å². The van der Waals surface area contributed by atoms with Crippen molar-refractivity contribution in [3.63, 3.8) is 0 Å². The molecule has 39 heavy (non-hydrogen) atoms. The van der Waals surface area contributed by atoms with Crippen molar-refractivity contribution in [1.29, 1.82) is 0 Å². The number of amides is 3. The largest absolute Gasteiger partial charge is 0.444 e. The third-order valence-electron chi connectivity index (χ3n) is 6.81. The SMILES string of the molecule is CN1CCc2cc(-c3cc(C(N)=O)c4ncnc(N[C@H]5CCCN(C(=O)OC(C)(C)C)C5)c4n3)nn2CC1=O. The number of rotatable bonds is 4. The number of carbonyl (C=O) groups excluding carboxylic acids is 3. The molecule has 0 spiro atoms. The summed E-state index contributed by atoms with van der Waals surface area (Å²) in [6.45, 7) is 7.27. The number of piperidine rings is 1. The molecule has 0 radical (unpaired) electrons. The van der Waals surface area contributed by atoms with E-state index >= 15 is 0 Å². The van der Waals surface area contributed by atoms with Gasteiger partial charge in [-0.1, -0.05) is 0 Å². The van der Waals surface area contributed by atoms with Gasteiger partial charge in [-0.3, -0.25) is 14.3 Å². The maximum atomic E-state index is 12.6. The molecule has 0 saturated carbocycles. The summed E-state index contributed by atoms with van der Waals surface area (Å²) in [5.41, 5.74) is 7.89. The van der Waals surface area contributed by atoms with Gasteiger partial charge in [0.15, 0.2) is 5.82 Å². The highest BCUT2D eigenvalue weighted by atomic mass is 16.6. The van der Waals surface area contributed by atoms with Gasteiger partial charge in [0.1, 0.15) is 35.2 Å². The first-order valence-corrected chi connectivity index (χ1v) is 13.0. The zero-order valence-electron chi connectivity index (χ0n) is 22.6. The number of hydrogen-bond acceptors (Lipinski definition) is 9. The lowest BCUT2D eigenvalue weighted by molar-refractivity contribution is -0.130. The Labute approximate surface area is 225 Å². The van der Waals surface area contributed by atoms with Crippen molar-refractivity contribution >= 4 is 34.8 Å². The lowest BCUT2D eigenvalue weighted by Gasteiger charge is -2.34. The number of nitrogens with one attached hydrogen (secondary N) is 1. The van der Waals surface area contributed by atoms with Crippen LogP contribution in [0.5, 0.6) is 0 Å². The fraction of sp³-hybridized carbons (Fsp3) is 0.500. The van der Waals surface area contributed by atoms with Crippen LogP contribution < -0.4 is 11.1 Å². The number of nitrogens with zero attached hydrogens (tertiary/aromatic N) is 7. The average molecular weight is 536 g/mol. The molecule has 2 aliphatic rings. The number of primary amides is 1. The first-order chi connectivity index (χ1) is 18.5. The van der Waals surface area contributed by atoms with Crippen LogP contribution in [0.4, 0.5) is 10.6 Å². The zero-order valence-corrected chi connectivity index (χ0v) is 22.6. The van der Waals surface area contributed by atoms with Crippen LogP contribution in [-0.2, 0) is 22.5 Å². The zero-order chi connectivity index (χ0) is 27.9. The molecule has 13 nitrogen and oxygen atoms in total. The standard InChI is InChI=1S/C26H33N9O4/c1-26(2,3)39-25(38)34-8-5-6-15(12-34)30-24-22-21(28-14-29-24)17(23(27)37)11-18(31-22)19-10-16-7-9-33(4)20(36)13-35(16)32-19/h10-11,14-15H,5-9,12-13H2,1-4H3,(H2,27,37)(H,28,29,30)/t15-/m0/s1. The lowest BCUT2D eigenvalue weighted by Crippen LogP contribution is -2.47. The number of likely N-dealkylation sites (tertiary alicyclic amines) is 1. The number of aromatic nitrogens is 5. The van der Waals surface area contributed by atoms with Gasteiger partial charge in [-0.05, 0) is 45.7 Å². The van der Waals surface area contributed by atoms with Gasteiger partial charge in [0.2, 0.25) is 5.91 Å². The molecule has 0 bridgehead atoms. The molecule has 0 aliphatic carbocycles. The number of fused-ring (bicyclic) bond motifs is 2. The fourth-order valence-electron chi connectivity index (χ4n) is 4.82. The summed E-state index contributed by atoms with van der Waals surface area (Å²) in [4.78, 5) is 54.3. The summed E-state index contributed by atoms with van der Waals surface area (Å²) in [7, 11) is 1.77. The molecule has 1 fully saturated rings. The van der Waals surface area contributed by atoms with E-state index in [1.54, 1.807) is 27.6 Å². The summed E-state index contributed by atoms with van der Waals surface area (Å²) >= 11 is 0. The Morgan fingerprint density at radius 2 is 1.92 bits per heavy atom. The van der Waals surface area contributed by atoms with Crippen LogP contribution in [0.25, 0.3) is 22.4 Å². The van der Waals surface area contributed by atoms with E-state index in [0.29, 0.717) is 54.3 Å². The summed E-state index contributed by atoms with van der Waals surface area (Å²) in [6.07, 6.45) is 3.25. The molecule has 3 N–H and O–H groups in total. The molecule has 0 unspecified atom stereocenters. The minimum atomic E-state index is -0.653. The third-order valence-corrected chi connectivity index (χ3v) is 6.81. The number of anilines is 1. The van der Waals surface area contributed by atoms with Crippen molar-refractivity contribution < 1.29 is 19.1 Å². The molecule has 206 valence electrons. The van der Waals surface area contributed by atoms with Gasteiger partial charge in [0.05, 0.1) is 11.3 Å². The molecule has 3 aromatic heterocycles. The third kappa shape index (κ3) is 5.61. The van der Waals surface area contributed by atoms with Crippen LogP contribution in [0.2, 0.25) is 0 Å².